The predicted molar refractivity (Wildman–Crippen MR) is 228 cm³/mol. The molecular formula is C45H57N9O6. The van der Waals surface area contributed by atoms with Gasteiger partial charge in [0.1, 0.15) is 35.3 Å². The highest BCUT2D eigenvalue weighted by molar-refractivity contribution is 6.05. The van der Waals surface area contributed by atoms with Crippen molar-refractivity contribution < 1.29 is 28.4 Å². The van der Waals surface area contributed by atoms with Gasteiger partial charge in [0.05, 0.1) is 5.39 Å². The molecule has 9 rings (SSSR count). The molecule has 318 valence electrons. The number of amides is 3. The van der Waals surface area contributed by atoms with Crippen molar-refractivity contribution in [2.24, 2.45) is 22.6 Å². The summed E-state index contributed by atoms with van der Waals surface area (Å²) in [5, 5.41) is 11.2. The van der Waals surface area contributed by atoms with E-state index in [1.54, 1.807) is 4.90 Å². The van der Waals surface area contributed by atoms with Crippen molar-refractivity contribution in [3.63, 3.8) is 0 Å². The first-order valence-corrected chi connectivity index (χ1v) is 21.5. The number of aromatic nitrogens is 1. The maximum absolute atomic E-state index is 12.8. The SMILES string of the molecule is CN1CCC(Oc2cccc(-c3onc4ccc(/C(N)=N/NN)cc34)c2)CC1.O=C1CCC(N2Cc3cc(OC4CCN(CC5CCCCC5)CC4)ccc3C2=O)C(=O)N1. The van der Waals surface area contributed by atoms with Crippen LogP contribution in [0.15, 0.2) is 70.3 Å². The smallest absolute Gasteiger partial charge is 0.255 e. The number of amidine groups is 1. The summed E-state index contributed by atoms with van der Waals surface area (Å²) in [7, 11) is 2.14. The van der Waals surface area contributed by atoms with Gasteiger partial charge in [-0.25, -0.2) is 11.4 Å². The number of likely N-dealkylation sites (tertiary alicyclic amines) is 2. The minimum atomic E-state index is -0.578. The Hall–Kier alpha value is -5.51. The quantitative estimate of drug-likeness (QED) is 0.0556. The van der Waals surface area contributed by atoms with Crippen molar-refractivity contribution in [3.05, 3.63) is 77.4 Å². The number of carbonyl (C=O) groups excluding carboxylic acids is 3. The molecule has 1 saturated carbocycles. The Labute approximate surface area is 350 Å². The summed E-state index contributed by atoms with van der Waals surface area (Å²) in [5.74, 6) is 7.90. The zero-order valence-corrected chi connectivity index (χ0v) is 34.4. The Bertz CT molecular complexity index is 2190. The van der Waals surface area contributed by atoms with E-state index in [-0.39, 0.29) is 42.2 Å². The second-order valence-corrected chi connectivity index (χ2v) is 16.9. The first-order valence-electron chi connectivity index (χ1n) is 21.5. The lowest BCUT2D eigenvalue weighted by molar-refractivity contribution is -0.136. The minimum absolute atomic E-state index is 0.142. The molecule has 3 saturated heterocycles. The average Bonchev–Trinajstić information content (AvgIpc) is 3.83. The molecule has 1 aromatic heterocycles. The molecule has 15 heteroatoms. The summed E-state index contributed by atoms with van der Waals surface area (Å²) >= 11 is 0. The molecule has 4 aliphatic heterocycles. The fourth-order valence-corrected chi connectivity index (χ4v) is 9.21. The number of hydrogen-bond donors (Lipinski definition) is 4. The topological polar surface area (TPSA) is 194 Å². The molecule has 5 heterocycles. The van der Waals surface area contributed by atoms with Gasteiger partial charge in [-0.3, -0.25) is 19.7 Å². The first-order chi connectivity index (χ1) is 29.2. The van der Waals surface area contributed by atoms with E-state index in [1.165, 1.54) is 38.6 Å². The highest BCUT2D eigenvalue weighted by atomic mass is 16.5. The summed E-state index contributed by atoms with van der Waals surface area (Å²) in [5.41, 5.74) is 12.0. The van der Waals surface area contributed by atoms with E-state index in [9.17, 15) is 14.4 Å². The highest BCUT2D eigenvalue weighted by Gasteiger charge is 2.39. The Morgan fingerprint density at radius 1 is 0.883 bits per heavy atom. The number of benzene rings is 3. The van der Waals surface area contributed by atoms with Crippen molar-refractivity contribution in [2.75, 3.05) is 39.8 Å². The van der Waals surface area contributed by atoms with E-state index < -0.39 is 6.04 Å². The summed E-state index contributed by atoms with van der Waals surface area (Å²) in [6, 6.07) is 18.5. The third kappa shape index (κ3) is 9.75. The molecule has 4 fully saturated rings. The molecule has 60 heavy (non-hydrogen) atoms. The van der Waals surface area contributed by atoms with E-state index in [0.717, 1.165) is 96.9 Å². The number of rotatable bonds is 10. The molecule has 0 bridgehead atoms. The number of hydrazone groups is 1. The second kappa shape index (κ2) is 18.8. The summed E-state index contributed by atoms with van der Waals surface area (Å²) in [6.07, 6.45) is 12.2. The van der Waals surface area contributed by atoms with Crippen LogP contribution in [0.3, 0.4) is 0 Å². The standard InChI is InChI=1S/C25H33N3O4.C20H24N6O2/c29-23-9-8-22(24(30)26-23)28-16-18-14-20(6-7-21(18)25(28)31)32-19-10-12-27(13-11-19)15-17-4-2-1-3-5-17;1-26-9-7-15(8-10-26)27-16-4-2-3-13(11-16)19-17-12-14(20(21)23-25-22)5-6-18(17)24-28-19/h6-7,14,17,19,22H,1-5,8-13,15-16H2,(H,26,29,30);2-6,11-12,15,25H,7-10,22H2,1H3,(H2,21,23). The number of carbonyl (C=O) groups is 3. The molecule has 5 aliphatic rings. The lowest BCUT2D eigenvalue weighted by Crippen LogP contribution is -2.52. The Kier molecular flexibility index (Phi) is 12.9. The van der Waals surface area contributed by atoms with Crippen LogP contribution in [0.25, 0.3) is 22.2 Å². The zero-order chi connectivity index (χ0) is 41.6. The molecule has 15 nitrogen and oxygen atoms in total. The van der Waals surface area contributed by atoms with E-state index in [0.29, 0.717) is 24.3 Å². The highest BCUT2D eigenvalue weighted by Crippen LogP contribution is 2.34. The zero-order valence-electron chi connectivity index (χ0n) is 34.4. The van der Waals surface area contributed by atoms with Crippen molar-refractivity contribution in [1.82, 2.24) is 30.7 Å². The number of hydrazine groups is 1. The third-order valence-electron chi connectivity index (χ3n) is 12.6. The van der Waals surface area contributed by atoms with Gasteiger partial charge < -0.3 is 34.4 Å². The van der Waals surface area contributed by atoms with Crippen molar-refractivity contribution >= 4 is 34.5 Å². The van der Waals surface area contributed by atoms with Gasteiger partial charge in [-0.1, -0.05) is 36.6 Å². The van der Waals surface area contributed by atoms with Crippen LogP contribution in [0.4, 0.5) is 0 Å². The van der Waals surface area contributed by atoms with Gasteiger partial charge in [0.2, 0.25) is 11.8 Å². The molecular weight excluding hydrogens is 763 g/mol. The predicted octanol–water partition coefficient (Wildman–Crippen LogP) is 4.92. The van der Waals surface area contributed by atoms with Crippen LogP contribution in [0.1, 0.15) is 92.1 Å². The minimum Gasteiger partial charge on any atom is -0.490 e. The van der Waals surface area contributed by atoms with Crippen LogP contribution in [0.5, 0.6) is 11.5 Å². The number of imide groups is 1. The molecule has 6 N–H and O–H groups in total. The molecule has 4 aromatic rings. The summed E-state index contributed by atoms with van der Waals surface area (Å²) in [4.78, 5) is 43.0. The average molecular weight is 820 g/mol. The van der Waals surface area contributed by atoms with Gasteiger partial charge in [0.25, 0.3) is 5.91 Å². The van der Waals surface area contributed by atoms with E-state index in [1.807, 2.05) is 60.7 Å². The lowest BCUT2D eigenvalue weighted by atomic mass is 9.88. The van der Waals surface area contributed by atoms with Crippen molar-refractivity contribution in [2.45, 2.75) is 95.4 Å². The monoisotopic (exact) mass is 819 g/mol. The molecule has 0 radical (unpaired) electrons. The van der Waals surface area contributed by atoms with Crippen LogP contribution in [-0.2, 0) is 16.1 Å². The summed E-state index contributed by atoms with van der Waals surface area (Å²) < 4.78 is 18.1. The van der Waals surface area contributed by atoms with Gasteiger partial charge in [-0.2, -0.15) is 0 Å². The van der Waals surface area contributed by atoms with E-state index in [4.69, 9.17) is 25.6 Å². The van der Waals surface area contributed by atoms with Gasteiger partial charge in [0.15, 0.2) is 11.6 Å². The number of hydrogen-bond acceptors (Lipinski definition) is 12. The molecule has 1 aliphatic carbocycles. The Morgan fingerprint density at radius 2 is 1.62 bits per heavy atom. The van der Waals surface area contributed by atoms with Crippen molar-refractivity contribution in [1.29, 1.82) is 0 Å². The normalized spacial score (nSPS) is 21.4. The van der Waals surface area contributed by atoms with Crippen LogP contribution >= 0.6 is 0 Å². The van der Waals surface area contributed by atoms with Crippen molar-refractivity contribution in [3.8, 4) is 22.8 Å². The molecule has 0 spiro atoms. The van der Waals surface area contributed by atoms with Crippen LogP contribution in [-0.4, -0.2) is 101 Å². The first kappa shape index (κ1) is 41.2. The Balaban J connectivity index is 0.000000168. The summed E-state index contributed by atoms with van der Waals surface area (Å²) in [6.45, 7) is 5.92. The maximum Gasteiger partial charge on any atom is 0.255 e. The van der Waals surface area contributed by atoms with Crippen LogP contribution in [0.2, 0.25) is 0 Å². The fourth-order valence-electron chi connectivity index (χ4n) is 9.21. The number of piperidine rings is 3. The number of nitrogens with one attached hydrogen (secondary N) is 2. The molecule has 3 aromatic carbocycles. The number of nitrogens with zero attached hydrogens (tertiary/aromatic N) is 5. The largest absolute Gasteiger partial charge is 0.490 e. The number of fused-ring (bicyclic) bond motifs is 2. The van der Waals surface area contributed by atoms with E-state index in [2.05, 4.69) is 38.0 Å². The van der Waals surface area contributed by atoms with Crippen LogP contribution in [0, 0.1) is 5.92 Å². The fraction of sp³-hybridized carbons (Fsp3) is 0.489. The number of nitrogens with two attached hydrogens (primary N) is 2. The lowest BCUT2D eigenvalue weighted by Gasteiger charge is -2.35. The number of ether oxygens (including phenoxy) is 2. The molecule has 1 unspecified atom stereocenters. The molecule has 3 amide bonds. The Morgan fingerprint density at radius 3 is 2.35 bits per heavy atom. The third-order valence-corrected chi connectivity index (χ3v) is 12.6. The van der Waals surface area contributed by atoms with Gasteiger partial charge in [0, 0.05) is 62.4 Å². The van der Waals surface area contributed by atoms with Gasteiger partial charge in [-0.15, -0.1) is 5.10 Å². The molecule has 1 atom stereocenters. The van der Waals surface area contributed by atoms with Gasteiger partial charge in [-0.05, 0) is 112 Å². The van der Waals surface area contributed by atoms with Gasteiger partial charge >= 0.3 is 0 Å². The second-order valence-electron chi connectivity index (χ2n) is 16.9. The van der Waals surface area contributed by atoms with Crippen LogP contribution < -0.4 is 31.9 Å². The van der Waals surface area contributed by atoms with E-state index >= 15 is 0 Å². The maximum atomic E-state index is 12.8.